The van der Waals surface area contributed by atoms with E-state index >= 15 is 0 Å². The summed E-state index contributed by atoms with van der Waals surface area (Å²) >= 11 is 0. The molecule has 0 aliphatic carbocycles. The Kier molecular flexibility index (Phi) is 8.19. The molecule has 1 aliphatic heterocycles. The summed E-state index contributed by atoms with van der Waals surface area (Å²) < 4.78 is 4.99. The van der Waals surface area contributed by atoms with Crippen LogP contribution in [-0.2, 0) is 14.3 Å². The van der Waals surface area contributed by atoms with E-state index in [1.807, 2.05) is 6.92 Å². The molecule has 0 unspecified atom stereocenters. The molecule has 1 aliphatic rings. The van der Waals surface area contributed by atoms with Gasteiger partial charge in [0, 0.05) is 12.8 Å². The summed E-state index contributed by atoms with van der Waals surface area (Å²) in [6.45, 7) is 1.10. The molecule has 1 saturated heterocycles. The molecule has 146 valence electrons. The van der Waals surface area contributed by atoms with Crippen molar-refractivity contribution in [3.63, 3.8) is 0 Å². The molecule has 0 saturated carbocycles. The second kappa shape index (κ2) is 9.41. The third-order valence-corrected chi connectivity index (χ3v) is 4.17. The maximum absolute atomic E-state index is 12.0. The molecule has 1 amide bonds. The number of aliphatic hydroxyl groups is 5. The molecule has 7 N–H and O–H groups in total. The second-order valence-corrected chi connectivity index (χ2v) is 6.23. The van der Waals surface area contributed by atoms with Gasteiger partial charge in [0.25, 0.3) is 5.79 Å². The number of aliphatic hydroxyl groups excluding tert-OH is 4. The third kappa shape index (κ3) is 5.59. The Morgan fingerprint density at radius 1 is 1.32 bits per heavy atom. The van der Waals surface area contributed by atoms with Crippen LogP contribution in [0.4, 0.5) is 0 Å². The summed E-state index contributed by atoms with van der Waals surface area (Å²) in [5.74, 6) is -5.02. The van der Waals surface area contributed by atoms with Crippen LogP contribution in [0, 0.1) is 0 Å². The van der Waals surface area contributed by atoms with Gasteiger partial charge in [-0.1, -0.05) is 19.8 Å². The quantitative estimate of drug-likeness (QED) is 0.221. The molecule has 0 radical (unpaired) electrons. The highest BCUT2D eigenvalue weighted by Crippen LogP contribution is 2.30. The monoisotopic (exact) mass is 365 g/mol. The SMILES string of the molecule is CCCCCC(=O)N[C@H]1[C@H]([C@H](O)[C@H](O)CO)O[C@](O)(C(=O)O)C[C@@H]1O. The van der Waals surface area contributed by atoms with Gasteiger partial charge in [0.1, 0.15) is 18.3 Å². The summed E-state index contributed by atoms with van der Waals surface area (Å²) in [7, 11) is 0. The maximum atomic E-state index is 12.0. The van der Waals surface area contributed by atoms with Gasteiger partial charge in [-0.2, -0.15) is 0 Å². The first-order valence-electron chi connectivity index (χ1n) is 8.24. The van der Waals surface area contributed by atoms with Crippen LogP contribution < -0.4 is 5.32 Å². The van der Waals surface area contributed by atoms with Crippen molar-refractivity contribution in [1.82, 2.24) is 5.32 Å². The van der Waals surface area contributed by atoms with E-state index in [1.165, 1.54) is 0 Å². The summed E-state index contributed by atoms with van der Waals surface area (Å²) in [6.07, 6.45) is -4.98. The van der Waals surface area contributed by atoms with Crippen molar-refractivity contribution in [2.75, 3.05) is 6.61 Å². The minimum absolute atomic E-state index is 0.158. The topological polar surface area (TPSA) is 177 Å². The van der Waals surface area contributed by atoms with E-state index in [-0.39, 0.29) is 6.42 Å². The zero-order valence-electron chi connectivity index (χ0n) is 14.0. The molecule has 1 heterocycles. The molecule has 25 heavy (non-hydrogen) atoms. The number of carbonyl (C=O) groups is 2. The molecule has 10 heteroatoms. The van der Waals surface area contributed by atoms with E-state index in [0.717, 1.165) is 12.8 Å². The number of carbonyl (C=O) groups excluding carboxylic acids is 1. The van der Waals surface area contributed by atoms with E-state index in [9.17, 15) is 30.0 Å². The van der Waals surface area contributed by atoms with Gasteiger partial charge in [-0.25, -0.2) is 4.79 Å². The first kappa shape index (κ1) is 21.7. The van der Waals surface area contributed by atoms with Crippen molar-refractivity contribution in [1.29, 1.82) is 0 Å². The highest BCUT2D eigenvalue weighted by atomic mass is 16.7. The summed E-state index contributed by atoms with van der Waals surface area (Å²) in [5.41, 5.74) is 0. The first-order valence-corrected chi connectivity index (χ1v) is 8.24. The lowest BCUT2D eigenvalue weighted by Gasteiger charge is -2.44. The van der Waals surface area contributed by atoms with E-state index in [2.05, 4.69) is 5.32 Å². The van der Waals surface area contributed by atoms with E-state index < -0.39 is 61.1 Å². The van der Waals surface area contributed by atoms with Gasteiger partial charge in [0.15, 0.2) is 0 Å². The number of unbranched alkanes of at least 4 members (excludes halogenated alkanes) is 2. The van der Waals surface area contributed by atoms with Crippen LogP contribution >= 0.6 is 0 Å². The Balaban J connectivity index is 2.94. The zero-order chi connectivity index (χ0) is 19.2. The number of ether oxygens (including phenoxy) is 1. The highest BCUT2D eigenvalue weighted by Gasteiger charge is 2.53. The van der Waals surface area contributed by atoms with E-state index in [4.69, 9.17) is 14.9 Å². The van der Waals surface area contributed by atoms with E-state index in [1.54, 1.807) is 0 Å². The lowest BCUT2D eigenvalue weighted by Crippen LogP contribution is -2.67. The van der Waals surface area contributed by atoms with Gasteiger partial charge in [-0.15, -0.1) is 0 Å². The van der Waals surface area contributed by atoms with Crippen molar-refractivity contribution in [3.05, 3.63) is 0 Å². The Labute approximate surface area is 145 Å². The molecule has 0 aromatic carbocycles. The maximum Gasteiger partial charge on any atom is 0.364 e. The molecule has 0 spiro atoms. The van der Waals surface area contributed by atoms with Gasteiger partial charge in [-0.05, 0) is 6.42 Å². The number of nitrogens with one attached hydrogen (secondary N) is 1. The molecular formula is C15H27NO9. The van der Waals surface area contributed by atoms with Crippen LogP contribution in [-0.4, -0.2) is 85.4 Å². The van der Waals surface area contributed by atoms with Gasteiger partial charge >= 0.3 is 5.97 Å². The fraction of sp³-hybridized carbons (Fsp3) is 0.867. The van der Waals surface area contributed by atoms with Crippen molar-refractivity contribution < 1.29 is 45.0 Å². The lowest BCUT2D eigenvalue weighted by atomic mass is 9.88. The van der Waals surface area contributed by atoms with Crippen LogP contribution in [0.15, 0.2) is 0 Å². The number of carboxylic acids is 1. The van der Waals surface area contributed by atoms with Crippen molar-refractivity contribution in [3.8, 4) is 0 Å². The summed E-state index contributed by atoms with van der Waals surface area (Å²) in [4.78, 5) is 23.1. The first-order chi connectivity index (χ1) is 11.7. The van der Waals surface area contributed by atoms with Crippen LogP contribution in [0.2, 0.25) is 0 Å². The second-order valence-electron chi connectivity index (χ2n) is 6.23. The molecule has 10 nitrogen and oxygen atoms in total. The molecule has 0 bridgehead atoms. The standard InChI is InChI=1S/C15H27NO9/c1-2-3-4-5-10(20)16-11-8(18)6-15(24,14(22)23)25-13(11)12(21)9(19)7-17/h8-9,11-13,17-19,21,24H,2-7H2,1H3,(H,16,20)(H,22,23)/t8-,9+,11+,12+,13+,15-/m0/s1. The number of rotatable bonds is 9. The molecule has 6 atom stereocenters. The number of amides is 1. The van der Waals surface area contributed by atoms with Crippen molar-refractivity contribution >= 4 is 11.9 Å². The van der Waals surface area contributed by atoms with Crippen LogP contribution in [0.3, 0.4) is 0 Å². The Morgan fingerprint density at radius 2 is 1.96 bits per heavy atom. The largest absolute Gasteiger partial charge is 0.477 e. The van der Waals surface area contributed by atoms with Gasteiger partial charge < -0.3 is 40.7 Å². The number of carboxylic acid groups (broad SMARTS) is 1. The normalized spacial score (nSPS) is 32.0. The number of hydrogen-bond donors (Lipinski definition) is 7. The smallest absolute Gasteiger partial charge is 0.364 e. The predicted molar refractivity (Wildman–Crippen MR) is 83.3 cm³/mol. The molecule has 1 fully saturated rings. The third-order valence-electron chi connectivity index (χ3n) is 4.17. The van der Waals surface area contributed by atoms with Gasteiger partial charge in [0.2, 0.25) is 5.91 Å². The average molecular weight is 365 g/mol. The van der Waals surface area contributed by atoms with Crippen molar-refractivity contribution in [2.45, 2.75) is 75.3 Å². The van der Waals surface area contributed by atoms with Gasteiger partial charge in [-0.3, -0.25) is 4.79 Å². The van der Waals surface area contributed by atoms with Crippen LogP contribution in [0.25, 0.3) is 0 Å². The zero-order valence-corrected chi connectivity index (χ0v) is 14.0. The highest BCUT2D eigenvalue weighted by molar-refractivity contribution is 5.77. The average Bonchev–Trinajstić information content (AvgIpc) is 2.55. The fourth-order valence-corrected chi connectivity index (χ4v) is 2.69. The molecular weight excluding hydrogens is 338 g/mol. The molecule has 1 rings (SSSR count). The minimum atomic E-state index is -2.79. The number of hydrogen-bond acceptors (Lipinski definition) is 8. The molecule has 0 aromatic rings. The van der Waals surface area contributed by atoms with E-state index in [0.29, 0.717) is 6.42 Å². The lowest BCUT2D eigenvalue weighted by molar-refractivity contribution is -0.295. The van der Waals surface area contributed by atoms with Crippen molar-refractivity contribution in [2.24, 2.45) is 0 Å². The molecule has 0 aromatic heterocycles. The van der Waals surface area contributed by atoms with Crippen LogP contribution in [0.1, 0.15) is 39.0 Å². The fourth-order valence-electron chi connectivity index (χ4n) is 2.69. The minimum Gasteiger partial charge on any atom is -0.477 e. The Hall–Kier alpha value is -1.30. The number of aliphatic carboxylic acids is 1. The van der Waals surface area contributed by atoms with Crippen LogP contribution in [0.5, 0.6) is 0 Å². The Morgan fingerprint density at radius 3 is 2.48 bits per heavy atom. The van der Waals surface area contributed by atoms with Gasteiger partial charge in [0.05, 0.1) is 18.8 Å². The summed E-state index contributed by atoms with van der Waals surface area (Å²) in [5, 5.41) is 60.3. The Bertz CT molecular complexity index is 460. The predicted octanol–water partition coefficient (Wildman–Crippen LogP) is -2.31. The summed E-state index contributed by atoms with van der Waals surface area (Å²) in [6, 6.07) is -1.26.